The van der Waals surface area contributed by atoms with Gasteiger partial charge in [-0.25, -0.2) is 9.97 Å². The number of ether oxygens (including phenoxy) is 1. The molecule has 1 aromatic carbocycles. The molecule has 7 nitrogen and oxygen atoms in total. The van der Waals surface area contributed by atoms with Gasteiger partial charge in [-0.1, -0.05) is 5.16 Å². The lowest BCUT2D eigenvalue weighted by atomic mass is 10.2. The van der Waals surface area contributed by atoms with Crippen LogP contribution >= 0.6 is 15.9 Å². The summed E-state index contributed by atoms with van der Waals surface area (Å²) in [5, 5.41) is 13.5. The molecule has 21 heavy (non-hydrogen) atoms. The Balaban J connectivity index is 1.97. The average molecular weight is 349 g/mol. The third kappa shape index (κ3) is 2.70. The van der Waals surface area contributed by atoms with E-state index in [2.05, 4.69) is 36.0 Å². The van der Waals surface area contributed by atoms with Gasteiger partial charge >= 0.3 is 0 Å². The van der Waals surface area contributed by atoms with Crippen LogP contribution in [0.2, 0.25) is 0 Å². The summed E-state index contributed by atoms with van der Waals surface area (Å²) in [6, 6.07) is 6.58. The molecule has 0 aliphatic heterocycles. The topological polar surface area (TPSA) is 94.2 Å². The number of hydrogen-bond donors (Lipinski definition) is 1. The van der Waals surface area contributed by atoms with E-state index in [1.807, 2.05) is 0 Å². The summed E-state index contributed by atoms with van der Waals surface area (Å²) in [5.41, 5.74) is 1.09. The molecule has 1 N–H and O–H groups in total. The third-order valence-corrected chi connectivity index (χ3v) is 3.37. The van der Waals surface area contributed by atoms with Gasteiger partial charge in [0.15, 0.2) is 0 Å². The molecule has 0 spiro atoms. The molecule has 0 aliphatic rings. The van der Waals surface area contributed by atoms with Crippen molar-refractivity contribution in [2.24, 2.45) is 0 Å². The number of methoxy groups -OCH3 is 1. The number of benzene rings is 1. The first-order valence-corrected chi connectivity index (χ1v) is 6.65. The smallest absolute Gasteiger partial charge is 0.258 e. The Hall–Kier alpha value is -2.48. The zero-order chi connectivity index (χ0) is 14.8. The highest BCUT2D eigenvalue weighted by molar-refractivity contribution is 9.10. The van der Waals surface area contributed by atoms with Crippen LogP contribution in [0.4, 0.5) is 0 Å². The van der Waals surface area contributed by atoms with E-state index in [9.17, 15) is 5.11 Å². The minimum atomic E-state index is 0.0935. The van der Waals surface area contributed by atoms with Crippen LogP contribution in [0.25, 0.3) is 23.0 Å². The quantitative estimate of drug-likeness (QED) is 0.777. The maximum Gasteiger partial charge on any atom is 0.258 e. The number of aromatic nitrogens is 4. The number of nitrogens with zero attached hydrogens (tertiary/aromatic N) is 4. The van der Waals surface area contributed by atoms with Crippen molar-refractivity contribution >= 4 is 15.9 Å². The summed E-state index contributed by atoms with van der Waals surface area (Å²) in [5.74, 6) is 1.10. The first-order valence-electron chi connectivity index (χ1n) is 5.86. The lowest BCUT2D eigenvalue weighted by Gasteiger charge is -1.98. The maximum atomic E-state index is 9.68. The molecular weight excluding hydrogens is 340 g/mol. The number of phenols is 1. The monoisotopic (exact) mass is 348 g/mol. The molecule has 0 bridgehead atoms. The predicted octanol–water partition coefficient (Wildman–Crippen LogP) is 2.67. The fourth-order valence-corrected chi connectivity index (χ4v) is 1.91. The Morgan fingerprint density at radius 2 is 2.10 bits per heavy atom. The minimum absolute atomic E-state index is 0.0935. The lowest BCUT2D eigenvalue weighted by molar-refractivity contribution is 0.397. The molecule has 0 fully saturated rings. The molecule has 0 saturated carbocycles. The van der Waals surface area contributed by atoms with Gasteiger partial charge in [-0.05, 0) is 34.1 Å². The Kier molecular flexibility index (Phi) is 3.53. The van der Waals surface area contributed by atoms with Gasteiger partial charge < -0.3 is 14.4 Å². The van der Waals surface area contributed by atoms with Crippen LogP contribution < -0.4 is 4.74 Å². The first kappa shape index (κ1) is 13.5. The summed E-state index contributed by atoms with van der Waals surface area (Å²) in [6.07, 6.45) is 1.36. The van der Waals surface area contributed by atoms with Crippen LogP contribution in [0, 0.1) is 0 Å². The van der Waals surface area contributed by atoms with Crippen molar-refractivity contribution in [3.63, 3.8) is 0 Å². The van der Waals surface area contributed by atoms with Crippen molar-refractivity contribution in [3.05, 3.63) is 35.1 Å². The number of halogens is 1. The zero-order valence-corrected chi connectivity index (χ0v) is 12.4. The molecule has 8 heteroatoms. The van der Waals surface area contributed by atoms with Crippen molar-refractivity contribution in [3.8, 4) is 34.6 Å². The standard InChI is InChI=1S/C13H9BrN4O3/c1-20-11-5-9(15-6-16-11)12-17-13(21-18-12)7-2-3-8(14)10(19)4-7/h2-6,19H,1H3. The summed E-state index contributed by atoms with van der Waals surface area (Å²) in [6.45, 7) is 0. The molecule has 0 unspecified atom stereocenters. The molecule has 3 rings (SSSR count). The highest BCUT2D eigenvalue weighted by Crippen LogP contribution is 2.29. The van der Waals surface area contributed by atoms with E-state index in [1.54, 1.807) is 18.2 Å². The fraction of sp³-hybridized carbons (Fsp3) is 0.0769. The van der Waals surface area contributed by atoms with E-state index >= 15 is 0 Å². The van der Waals surface area contributed by atoms with E-state index in [0.717, 1.165) is 0 Å². The van der Waals surface area contributed by atoms with E-state index in [-0.39, 0.29) is 11.6 Å². The van der Waals surface area contributed by atoms with Crippen molar-refractivity contribution in [2.75, 3.05) is 7.11 Å². The minimum Gasteiger partial charge on any atom is -0.507 e. The van der Waals surface area contributed by atoms with Gasteiger partial charge in [0.2, 0.25) is 11.7 Å². The van der Waals surface area contributed by atoms with Crippen LogP contribution in [0.1, 0.15) is 0 Å². The number of aromatic hydroxyl groups is 1. The molecule has 0 atom stereocenters. The molecule has 0 aliphatic carbocycles. The molecule has 2 aromatic heterocycles. The zero-order valence-electron chi connectivity index (χ0n) is 10.8. The van der Waals surface area contributed by atoms with E-state index in [4.69, 9.17) is 9.26 Å². The second-order valence-electron chi connectivity index (χ2n) is 4.03. The molecule has 3 aromatic rings. The van der Waals surface area contributed by atoms with E-state index in [1.165, 1.54) is 19.5 Å². The Morgan fingerprint density at radius 3 is 2.86 bits per heavy atom. The summed E-state index contributed by atoms with van der Waals surface area (Å²) >= 11 is 3.21. The maximum absolute atomic E-state index is 9.68. The van der Waals surface area contributed by atoms with Crippen molar-refractivity contribution in [1.29, 1.82) is 0 Å². The van der Waals surface area contributed by atoms with Gasteiger partial charge in [0.05, 0.1) is 11.6 Å². The average Bonchev–Trinajstić information content (AvgIpc) is 3.00. The van der Waals surface area contributed by atoms with Gasteiger partial charge in [0.25, 0.3) is 5.89 Å². The van der Waals surface area contributed by atoms with Gasteiger partial charge in [0, 0.05) is 11.6 Å². The SMILES string of the molecule is COc1cc(-c2noc(-c3ccc(Br)c(O)c3)n2)ncn1. The van der Waals surface area contributed by atoms with E-state index in [0.29, 0.717) is 27.4 Å². The molecular formula is C13H9BrN4O3. The Labute approximate surface area is 127 Å². The van der Waals surface area contributed by atoms with Crippen molar-refractivity contribution in [2.45, 2.75) is 0 Å². The number of hydrogen-bond acceptors (Lipinski definition) is 7. The molecule has 0 radical (unpaired) electrons. The summed E-state index contributed by atoms with van der Waals surface area (Å²) in [4.78, 5) is 12.2. The van der Waals surface area contributed by atoms with Gasteiger partial charge in [-0.15, -0.1) is 0 Å². The third-order valence-electron chi connectivity index (χ3n) is 2.70. The lowest BCUT2D eigenvalue weighted by Crippen LogP contribution is -1.91. The number of rotatable bonds is 3. The highest BCUT2D eigenvalue weighted by Gasteiger charge is 2.13. The van der Waals surface area contributed by atoms with Crippen LogP contribution in [0.15, 0.2) is 39.6 Å². The Bertz CT molecular complexity index is 791. The van der Waals surface area contributed by atoms with Crippen LogP contribution in [0.3, 0.4) is 0 Å². The summed E-state index contributed by atoms with van der Waals surface area (Å²) in [7, 11) is 1.51. The number of phenolic OH excluding ortho intramolecular Hbond substituents is 1. The molecule has 2 heterocycles. The van der Waals surface area contributed by atoms with Crippen LogP contribution in [-0.2, 0) is 0 Å². The van der Waals surface area contributed by atoms with E-state index < -0.39 is 0 Å². The van der Waals surface area contributed by atoms with Crippen molar-refractivity contribution in [1.82, 2.24) is 20.1 Å². The van der Waals surface area contributed by atoms with Crippen LogP contribution in [-0.4, -0.2) is 32.3 Å². The highest BCUT2D eigenvalue weighted by atomic mass is 79.9. The van der Waals surface area contributed by atoms with Crippen molar-refractivity contribution < 1.29 is 14.4 Å². The fourth-order valence-electron chi connectivity index (χ4n) is 1.66. The van der Waals surface area contributed by atoms with Gasteiger partial charge in [-0.3, -0.25) is 0 Å². The van der Waals surface area contributed by atoms with Gasteiger partial charge in [-0.2, -0.15) is 4.98 Å². The second kappa shape index (κ2) is 5.49. The molecule has 0 saturated heterocycles. The second-order valence-corrected chi connectivity index (χ2v) is 4.89. The summed E-state index contributed by atoms with van der Waals surface area (Å²) < 4.78 is 10.8. The Morgan fingerprint density at radius 1 is 1.24 bits per heavy atom. The first-order chi connectivity index (χ1) is 10.2. The molecule has 0 amide bonds. The van der Waals surface area contributed by atoms with Crippen LogP contribution in [0.5, 0.6) is 11.6 Å². The largest absolute Gasteiger partial charge is 0.507 e. The molecule has 106 valence electrons. The normalized spacial score (nSPS) is 10.6. The predicted molar refractivity (Wildman–Crippen MR) is 76.7 cm³/mol. The van der Waals surface area contributed by atoms with Gasteiger partial charge in [0.1, 0.15) is 17.8 Å².